The minimum Gasteiger partial charge on any atom is -0.507 e. The Bertz CT molecular complexity index is 495. The van der Waals surface area contributed by atoms with Crippen LogP contribution in [0.2, 0.25) is 0 Å². The van der Waals surface area contributed by atoms with Gasteiger partial charge in [-0.1, -0.05) is 53.7 Å². The standard InChI is InChI=1S/C19H33NO2/c1-18(2,3)15-11-14(13-20(7)9-10-22-8)17(21)16(12-15)19(4,5)6/h11-12,21H,9-10,13H2,1-8H3. The van der Waals surface area contributed by atoms with Gasteiger partial charge in [-0.25, -0.2) is 0 Å². The lowest BCUT2D eigenvalue weighted by atomic mass is 9.79. The number of rotatable bonds is 5. The molecule has 1 N–H and O–H groups in total. The van der Waals surface area contributed by atoms with Gasteiger partial charge in [-0.3, -0.25) is 4.90 Å². The Hall–Kier alpha value is -1.06. The Balaban J connectivity index is 3.25. The minimum absolute atomic E-state index is 0.0630. The average molecular weight is 307 g/mol. The second-order valence-electron chi connectivity index (χ2n) is 8.26. The fourth-order valence-corrected chi connectivity index (χ4v) is 2.44. The molecule has 0 radical (unpaired) electrons. The van der Waals surface area contributed by atoms with E-state index in [1.54, 1.807) is 7.11 Å². The Morgan fingerprint density at radius 2 is 1.64 bits per heavy atom. The fourth-order valence-electron chi connectivity index (χ4n) is 2.44. The zero-order chi connectivity index (χ0) is 17.1. The summed E-state index contributed by atoms with van der Waals surface area (Å²) in [5.74, 6) is 0.435. The molecule has 0 aliphatic heterocycles. The van der Waals surface area contributed by atoms with Crippen molar-refractivity contribution in [2.75, 3.05) is 27.3 Å². The van der Waals surface area contributed by atoms with Gasteiger partial charge >= 0.3 is 0 Å². The molecule has 0 bridgehead atoms. The molecule has 1 aromatic carbocycles. The molecule has 1 aromatic rings. The fraction of sp³-hybridized carbons (Fsp3) is 0.684. The van der Waals surface area contributed by atoms with Crippen molar-refractivity contribution in [3.8, 4) is 5.75 Å². The quantitative estimate of drug-likeness (QED) is 0.890. The third kappa shape index (κ3) is 4.99. The van der Waals surface area contributed by atoms with E-state index in [4.69, 9.17) is 4.74 Å². The van der Waals surface area contributed by atoms with Gasteiger partial charge in [0.2, 0.25) is 0 Å². The van der Waals surface area contributed by atoms with Crippen molar-refractivity contribution >= 4 is 0 Å². The van der Waals surface area contributed by atoms with Crippen molar-refractivity contribution in [1.82, 2.24) is 4.90 Å². The molecular weight excluding hydrogens is 274 g/mol. The number of benzene rings is 1. The zero-order valence-corrected chi connectivity index (χ0v) is 15.6. The highest BCUT2D eigenvalue weighted by atomic mass is 16.5. The first-order chi connectivity index (χ1) is 9.96. The normalized spacial score (nSPS) is 13.0. The summed E-state index contributed by atoms with van der Waals surface area (Å²) < 4.78 is 5.13. The number of ether oxygens (including phenoxy) is 1. The van der Waals surface area contributed by atoms with Gasteiger partial charge in [0.05, 0.1) is 6.61 Å². The number of methoxy groups -OCH3 is 1. The van der Waals surface area contributed by atoms with Crippen LogP contribution < -0.4 is 0 Å². The number of likely N-dealkylation sites (N-methyl/N-ethyl adjacent to an activating group) is 1. The molecule has 0 heterocycles. The van der Waals surface area contributed by atoms with Gasteiger partial charge in [0.25, 0.3) is 0 Å². The second-order valence-corrected chi connectivity index (χ2v) is 8.26. The van der Waals surface area contributed by atoms with Crippen LogP contribution in [0.5, 0.6) is 5.75 Å². The van der Waals surface area contributed by atoms with E-state index in [0.29, 0.717) is 12.4 Å². The molecule has 0 aliphatic carbocycles. The highest BCUT2D eigenvalue weighted by molar-refractivity contribution is 5.48. The Morgan fingerprint density at radius 1 is 1.05 bits per heavy atom. The summed E-state index contributed by atoms with van der Waals surface area (Å²) >= 11 is 0. The molecule has 126 valence electrons. The van der Waals surface area contributed by atoms with E-state index in [1.807, 2.05) is 0 Å². The number of aromatic hydroxyl groups is 1. The number of phenols is 1. The molecule has 0 fully saturated rings. The third-order valence-electron chi connectivity index (χ3n) is 3.98. The first-order valence-electron chi connectivity index (χ1n) is 8.01. The number of hydrogen-bond donors (Lipinski definition) is 1. The van der Waals surface area contributed by atoms with Crippen LogP contribution in [0.25, 0.3) is 0 Å². The maximum absolute atomic E-state index is 10.7. The Morgan fingerprint density at radius 3 is 2.09 bits per heavy atom. The first-order valence-corrected chi connectivity index (χ1v) is 8.01. The van der Waals surface area contributed by atoms with Gasteiger partial charge in [0.1, 0.15) is 5.75 Å². The van der Waals surface area contributed by atoms with Gasteiger partial charge in [0.15, 0.2) is 0 Å². The molecule has 3 heteroatoms. The van der Waals surface area contributed by atoms with E-state index >= 15 is 0 Å². The summed E-state index contributed by atoms with van der Waals surface area (Å²) in [5.41, 5.74) is 3.27. The predicted molar refractivity (Wildman–Crippen MR) is 93.7 cm³/mol. The SMILES string of the molecule is COCCN(C)Cc1cc(C(C)(C)C)cc(C(C)(C)C)c1O. The average Bonchev–Trinajstić information content (AvgIpc) is 2.36. The summed E-state index contributed by atoms with van der Waals surface area (Å²) in [4.78, 5) is 2.18. The zero-order valence-electron chi connectivity index (χ0n) is 15.6. The highest BCUT2D eigenvalue weighted by Gasteiger charge is 2.25. The smallest absolute Gasteiger partial charge is 0.123 e. The molecule has 22 heavy (non-hydrogen) atoms. The molecule has 0 aromatic heterocycles. The second kappa shape index (κ2) is 7.01. The van der Waals surface area contributed by atoms with Crippen LogP contribution >= 0.6 is 0 Å². The molecular formula is C19H33NO2. The van der Waals surface area contributed by atoms with Crippen molar-refractivity contribution in [1.29, 1.82) is 0 Å². The van der Waals surface area contributed by atoms with Crippen molar-refractivity contribution in [2.24, 2.45) is 0 Å². The molecule has 3 nitrogen and oxygen atoms in total. The molecule has 0 aliphatic rings. The van der Waals surface area contributed by atoms with Gasteiger partial charge in [-0.15, -0.1) is 0 Å². The van der Waals surface area contributed by atoms with Crippen LogP contribution in [0, 0.1) is 0 Å². The summed E-state index contributed by atoms with van der Waals surface area (Å²) in [6.07, 6.45) is 0. The molecule has 0 spiro atoms. The summed E-state index contributed by atoms with van der Waals surface area (Å²) in [7, 11) is 3.77. The summed E-state index contributed by atoms with van der Waals surface area (Å²) in [5, 5.41) is 10.7. The van der Waals surface area contributed by atoms with Crippen molar-refractivity contribution in [3.63, 3.8) is 0 Å². The maximum atomic E-state index is 10.7. The van der Waals surface area contributed by atoms with Crippen molar-refractivity contribution in [2.45, 2.75) is 58.9 Å². The Labute approximate surface area is 136 Å². The van der Waals surface area contributed by atoms with Crippen molar-refractivity contribution in [3.05, 3.63) is 28.8 Å². The van der Waals surface area contributed by atoms with E-state index in [2.05, 4.69) is 65.6 Å². The summed E-state index contributed by atoms with van der Waals surface area (Å²) in [6, 6.07) is 4.31. The van der Waals surface area contributed by atoms with Crippen LogP contribution in [0.15, 0.2) is 12.1 Å². The van der Waals surface area contributed by atoms with E-state index in [-0.39, 0.29) is 10.8 Å². The topological polar surface area (TPSA) is 32.7 Å². The van der Waals surface area contributed by atoms with Crippen LogP contribution in [0.4, 0.5) is 0 Å². The molecule has 0 unspecified atom stereocenters. The maximum Gasteiger partial charge on any atom is 0.123 e. The van der Waals surface area contributed by atoms with E-state index in [1.165, 1.54) is 5.56 Å². The van der Waals surface area contributed by atoms with Gasteiger partial charge < -0.3 is 9.84 Å². The number of hydrogen-bond acceptors (Lipinski definition) is 3. The van der Waals surface area contributed by atoms with Crippen LogP contribution in [-0.4, -0.2) is 37.3 Å². The number of phenolic OH excluding ortho intramolecular Hbond substituents is 1. The van der Waals surface area contributed by atoms with Crippen molar-refractivity contribution < 1.29 is 9.84 Å². The Kier molecular flexibility index (Phi) is 6.05. The monoisotopic (exact) mass is 307 g/mol. The molecule has 1 rings (SSSR count). The summed E-state index contributed by atoms with van der Waals surface area (Å²) in [6.45, 7) is 15.3. The van der Waals surface area contributed by atoms with Gasteiger partial charge in [0, 0.05) is 25.8 Å². The highest BCUT2D eigenvalue weighted by Crippen LogP contribution is 2.38. The lowest BCUT2D eigenvalue weighted by Crippen LogP contribution is -2.24. The third-order valence-corrected chi connectivity index (χ3v) is 3.98. The van der Waals surface area contributed by atoms with E-state index < -0.39 is 0 Å². The lowest BCUT2D eigenvalue weighted by Gasteiger charge is -2.28. The van der Waals surface area contributed by atoms with Crippen LogP contribution in [0.1, 0.15) is 58.2 Å². The van der Waals surface area contributed by atoms with E-state index in [0.717, 1.165) is 24.2 Å². The molecule has 0 saturated heterocycles. The van der Waals surface area contributed by atoms with Gasteiger partial charge in [-0.05, 0) is 29.0 Å². The van der Waals surface area contributed by atoms with Crippen LogP contribution in [0.3, 0.4) is 0 Å². The first kappa shape index (κ1) is 19.0. The van der Waals surface area contributed by atoms with Gasteiger partial charge in [-0.2, -0.15) is 0 Å². The van der Waals surface area contributed by atoms with Crippen LogP contribution in [-0.2, 0) is 22.1 Å². The van der Waals surface area contributed by atoms with E-state index in [9.17, 15) is 5.11 Å². The minimum atomic E-state index is -0.0782. The lowest BCUT2D eigenvalue weighted by molar-refractivity contribution is 0.158. The predicted octanol–water partition coefficient (Wildman–Crippen LogP) is 4.07. The molecule has 0 atom stereocenters. The largest absolute Gasteiger partial charge is 0.507 e. The number of nitrogens with zero attached hydrogens (tertiary/aromatic N) is 1. The molecule has 0 amide bonds. The molecule has 0 saturated carbocycles.